The molecule has 0 radical (unpaired) electrons. The Morgan fingerprint density at radius 3 is 2.83 bits per heavy atom. The van der Waals surface area contributed by atoms with Crippen LogP contribution in [0.5, 0.6) is 0 Å². The highest BCUT2D eigenvalue weighted by atomic mass is 16.5. The Hall–Kier alpha value is -0.650. The van der Waals surface area contributed by atoms with Crippen molar-refractivity contribution in [1.82, 2.24) is 15.1 Å². The molecule has 1 saturated heterocycles. The highest BCUT2D eigenvalue weighted by Crippen LogP contribution is 2.07. The lowest BCUT2D eigenvalue weighted by molar-refractivity contribution is -0.131. The van der Waals surface area contributed by atoms with Crippen molar-refractivity contribution in [1.29, 1.82) is 0 Å². The quantitative estimate of drug-likeness (QED) is 0.673. The van der Waals surface area contributed by atoms with Gasteiger partial charge in [-0.05, 0) is 26.3 Å². The van der Waals surface area contributed by atoms with Crippen LogP contribution in [0.25, 0.3) is 0 Å². The summed E-state index contributed by atoms with van der Waals surface area (Å²) in [6.45, 7) is 6.78. The topological polar surface area (TPSA) is 44.8 Å². The van der Waals surface area contributed by atoms with E-state index in [2.05, 4.69) is 10.2 Å². The van der Waals surface area contributed by atoms with Gasteiger partial charge in [0.25, 0.3) is 0 Å². The van der Waals surface area contributed by atoms with Crippen molar-refractivity contribution in [2.75, 3.05) is 53.5 Å². The lowest BCUT2D eigenvalue weighted by atomic mass is 10.2. The lowest BCUT2D eigenvalue weighted by Gasteiger charge is -2.26. The first kappa shape index (κ1) is 15.4. The Morgan fingerprint density at radius 2 is 2.28 bits per heavy atom. The molecule has 1 fully saturated rings. The predicted molar refractivity (Wildman–Crippen MR) is 72.7 cm³/mol. The van der Waals surface area contributed by atoms with Crippen molar-refractivity contribution in [3.05, 3.63) is 0 Å². The van der Waals surface area contributed by atoms with E-state index in [0.29, 0.717) is 19.2 Å². The van der Waals surface area contributed by atoms with Crippen molar-refractivity contribution in [2.45, 2.75) is 25.8 Å². The maximum atomic E-state index is 11.9. The van der Waals surface area contributed by atoms with Crippen LogP contribution in [0, 0.1) is 0 Å². The number of hydrogen-bond donors (Lipinski definition) is 1. The van der Waals surface area contributed by atoms with Crippen LogP contribution in [0.4, 0.5) is 0 Å². The van der Waals surface area contributed by atoms with Gasteiger partial charge in [0.15, 0.2) is 0 Å². The fourth-order valence-corrected chi connectivity index (χ4v) is 2.17. The average Bonchev–Trinajstić information content (AvgIpc) is 2.87. The van der Waals surface area contributed by atoms with Crippen molar-refractivity contribution >= 4 is 5.91 Å². The fourth-order valence-electron chi connectivity index (χ4n) is 2.17. The number of methoxy groups -OCH3 is 1. The van der Waals surface area contributed by atoms with E-state index in [0.717, 1.165) is 26.2 Å². The molecule has 0 aromatic heterocycles. The van der Waals surface area contributed by atoms with Gasteiger partial charge in [0.1, 0.15) is 0 Å². The van der Waals surface area contributed by atoms with Gasteiger partial charge in [-0.25, -0.2) is 0 Å². The number of carbonyl (C=O) groups is 1. The lowest BCUT2D eigenvalue weighted by Crippen LogP contribution is -2.44. The van der Waals surface area contributed by atoms with E-state index in [4.69, 9.17) is 4.74 Å². The van der Waals surface area contributed by atoms with Crippen molar-refractivity contribution in [2.24, 2.45) is 0 Å². The van der Waals surface area contributed by atoms with Crippen LogP contribution in [-0.4, -0.2) is 75.2 Å². The van der Waals surface area contributed by atoms with E-state index in [1.54, 1.807) is 12.0 Å². The summed E-state index contributed by atoms with van der Waals surface area (Å²) >= 11 is 0. The van der Waals surface area contributed by atoms with Gasteiger partial charge in [-0.1, -0.05) is 0 Å². The molecule has 5 nitrogen and oxygen atoms in total. The molecule has 0 aliphatic carbocycles. The summed E-state index contributed by atoms with van der Waals surface area (Å²) in [5.74, 6) is 0.187. The molecule has 0 spiro atoms. The van der Waals surface area contributed by atoms with E-state index in [9.17, 15) is 4.79 Å². The Kier molecular flexibility index (Phi) is 7.23. The monoisotopic (exact) mass is 257 g/mol. The highest BCUT2D eigenvalue weighted by Gasteiger charge is 2.20. The molecule has 1 unspecified atom stereocenters. The third-order valence-corrected chi connectivity index (χ3v) is 3.51. The number of hydrogen-bond acceptors (Lipinski definition) is 4. The molecule has 1 heterocycles. The average molecular weight is 257 g/mol. The molecule has 1 aliphatic rings. The molecule has 0 bridgehead atoms. The zero-order valence-electron chi connectivity index (χ0n) is 11.9. The van der Waals surface area contributed by atoms with Crippen LogP contribution in [0.3, 0.4) is 0 Å². The molecule has 0 aromatic carbocycles. The number of nitrogens with one attached hydrogen (secondary N) is 1. The summed E-state index contributed by atoms with van der Waals surface area (Å²) in [5.41, 5.74) is 0. The van der Waals surface area contributed by atoms with Gasteiger partial charge >= 0.3 is 0 Å². The molecule has 0 saturated carbocycles. The summed E-state index contributed by atoms with van der Waals surface area (Å²) in [7, 11) is 3.55. The summed E-state index contributed by atoms with van der Waals surface area (Å²) < 4.78 is 5.12. The second kappa shape index (κ2) is 8.45. The fraction of sp³-hybridized carbons (Fsp3) is 0.923. The van der Waals surface area contributed by atoms with Gasteiger partial charge in [-0.2, -0.15) is 0 Å². The number of nitrogens with zero attached hydrogens (tertiary/aromatic N) is 2. The Bertz CT molecular complexity index is 242. The highest BCUT2D eigenvalue weighted by molar-refractivity contribution is 5.77. The smallest absolute Gasteiger partial charge is 0.236 e. The SMILES string of the molecule is CCN(C)C(=O)CN(CCOC)CC1CCCN1. The maximum absolute atomic E-state index is 11.9. The van der Waals surface area contributed by atoms with Crippen LogP contribution in [0.15, 0.2) is 0 Å². The zero-order valence-corrected chi connectivity index (χ0v) is 11.9. The Morgan fingerprint density at radius 1 is 1.50 bits per heavy atom. The first-order chi connectivity index (χ1) is 8.67. The van der Waals surface area contributed by atoms with Crippen molar-refractivity contribution < 1.29 is 9.53 Å². The molecule has 0 aromatic rings. The largest absolute Gasteiger partial charge is 0.383 e. The van der Waals surface area contributed by atoms with E-state index in [1.165, 1.54) is 12.8 Å². The molecule has 18 heavy (non-hydrogen) atoms. The number of carbonyl (C=O) groups excluding carboxylic acids is 1. The summed E-state index contributed by atoms with van der Waals surface area (Å²) in [6, 6.07) is 0.529. The number of amides is 1. The van der Waals surface area contributed by atoms with Gasteiger partial charge < -0.3 is 15.0 Å². The van der Waals surface area contributed by atoms with Gasteiger partial charge in [0.05, 0.1) is 13.2 Å². The molecule has 1 N–H and O–H groups in total. The number of likely N-dealkylation sites (N-methyl/N-ethyl adjacent to an activating group) is 1. The first-order valence-electron chi connectivity index (χ1n) is 6.86. The van der Waals surface area contributed by atoms with Crippen molar-refractivity contribution in [3.63, 3.8) is 0 Å². The zero-order chi connectivity index (χ0) is 13.4. The van der Waals surface area contributed by atoms with Crippen LogP contribution >= 0.6 is 0 Å². The molecule has 5 heteroatoms. The minimum atomic E-state index is 0.187. The molecule has 1 atom stereocenters. The minimum Gasteiger partial charge on any atom is -0.383 e. The number of rotatable bonds is 8. The van der Waals surface area contributed by atoms with Crippen molar-refractivity contribution in [3.8, 4) is 0 Å². The summed E-state index contributed by atoms with van der Waals surface area (Å²) in [4.78, 5) is 15.9. The second-order valence-electron chi connectivity index (χ2n) is 4.93. The summed E-state index contributed by atoms with van der Waals surface area (Å²) in [6.07, 6.45) is 2.45. The first-order valence-corrected chi connectivity index (χ1v) is 6.86. The normalized spacial score (nSPS) is 19.4. The van der Waals surface area contributed by atoms with E-state index in [1.807, 2.05) is 14.0 Å². The molecular formula is C13H27N3O2. The Balaban J connectivity index is 2.40. The summed E-state index contributed by atoms with van der Waals surface area (Å²) in [5, 5.41) is 3.47. The van der Waals surface area contributed by atoms with Crippen LogP contribution in [0.2, 0.25) is 0 Å². The van der Waals surface area contributed by atoms with Gasteiger partial charge in [0.2, 0.25) is 5.91 Å². The second-order valence-corrected chi connectivity index (χ2v) is 4.93. The van der Waals surface area contributed by atoms with Crippen LogP contribution in [-0.2, 0) is 9.53 Å². The van der Waals surface area contributed by atoms with Crippen LogP contribution < -0.4 is 5.32 Å². The van der Waals surface area contributed by atoms with E-state index >= 15 is 0 Å². The van der Waals surface area contributed by atoms with E-state index in [-0.39, 0.29) is 5.91 Å². The van der Waals surface area contributed by atoms with E-state index < -0.39 is 0 Å². The standard InChI is InChI=1S/C13H27N3O2/c1-4-15(2)13(17)11-16(8-9-18-3)10-12-6-5-7-14-12/h12,14H,4-11H2,1-3H3. The van der Waals surface area contributed by atoms with Gasteiger partial charge in [-0.3, -0.25) is 9.69 Å². The number of ether oxygens (including phenoxy) is 1. The van der Waals surface area contributed by atoms with Crippen LogP contribution in [0.1, 0.15) is 19.8 Å². The molecular weight excluding hydrogens is 230 g/mol. The molecule has 106 valence electrons. The molecule has 1 rings (SSSR count). The third-order valence-electron chi connectivity index (χ3n) is 3.51. The Labute approximate surface area is 110 Å². The molecule has 1 aliphatic heterocycles. The molecule has 1 amide bonds. The maximum Gasteiger partial charge on any atom is 0.236 e. The predicted octanol–water partition coefficient (Wildman–Crippen LogP) is 0.165. The minimum absolute atomic E-state index is 0.187. The van der Waals surface area contributed by atoms with Gasteiger partial charge in [-0.15, -0.1) is 0 Å². The van der Waals surface area contributed by atoms with Gasteiger partial charge in [0, 0.05) is 39.8 Å². The third kappa shape index (κ3) is 5.33.